The summed E-state index contributed by atoms with van der Waals surface area (Å²) in [4.78, 5) is 16.4. The predicted molar refractivity (Wildman–Crippen MR) is 86.0 cm³/mol. The Bertz CT molecular complexity index is 896. The third kappa shape index (κ3) is 2.32. The number of nitrogens with one attached hydrogen (secondary N) is 1. The summed E-state index contributed by atoms with van der Waals surface area (Å²) in [5, 5.41) is 19.3. The number of benzene rings is 1. The van der Waals surface area contributed by atoms with Gasteiger partial charge >= 0.3 is 0 Å². The predicted octanol–water partition coefficient (Wildman–Crippen LogP) is 2.28. The van der Waals surface area contributed by atoms with E-state index < -0.39 is 0 Å². The van der Waals surface area contributed by atoms with Gasteiger partial charge in [-0.1, -0.05) is 12.1 Å². The summed E-state index contributed by atoms with van der Waals surface area (Å²) in [6.07, 6.45) is 0. The van der Waals surface area contributed by atoms with E-state index in [9.17, 15) is 9.90 Å². The highest BCUT2D eigenvalue weighted by Gasteiger charge is 2.31. The Balaban J connectivity index is 1.66. The van der Waals surface area contributed by atoms with Crippen molar-refractivity contribution in [2.75, 3.05) is 13.1 Å². The summed E-state index contributed by atoms with van der Waals surface area (Å²) in [6.45, 7) is 3.06. The molecule has 1 amide bonds. The zero-order valence-corrected chi connectivity index (χ0v) is 12.7. The molecule has 2 aromatic heterocycles. The topological polar surface area (TPSA) is 82.1 Å². The van der Waals surface area contributed by atoms with Crippen LogP contribution in [-0.4, -0.2) is 44.2 Å². The second-order valence-corrected chi connectivity index (χ2v) is 5.90. The number of hydrogen-bond acceptors (Lipinski definition) is 4. The van der Waals surface area contributed by atoms with Gasteiger partial charge in [-0.2, -0.15) is 0 Å². The van der Waals surface area contributed by atoms with Crippen molar-refractivity contribution in [2.45, 2.75) is 12.8 Å². The fraction of sp³-hybridized carbons (Fsp3) is 0.235. The molecule has 3 aromatic rings. The molecule has 0 unspecified atom stereocenters. The molecule has 1 aliphatic rings. The number of likely N-dealkylation sites (tertiary alicyclic amines) is 1. The number of aromatic hydroxyl groups is 1. The fourth-order valence-electron chi connectivity index (χ4n) is 2.93. The third-order valence-corrected chi connectivity index (χ3v) is 4.34. The molecule has 3 heterocycles. The Kier molecular flexibility index (Phi) is 3.04. The van der Waals surface area contributed by atoms with Crippen LogP contribution in [0.15, 0.2) is 36.4 Å². The van der Waals surface area contributed by atoms with Crippen molar-refractivity contribution >= 4 is 16.9 Å². The molecule has 1 saturated heterocycles. The molecular formula is C17H16N4O2. The highest BCUT2D eigenvalue weighted by molar-refractivity contribution is 5.82. The monoisotopic (exact) mass is 308 g/mol. The second kappa shape index (κ2) is 5.08. The molecule has 1 aromatic carbocycles. The molecule has 2 N–H and O–H groups in total. The summed E-state index contributed by atoms with van der Waals surface area (Å²) >= 11 is 0. The van der Waals surface area contributed by atoms with Crippen molar-refractivity contribution in [3.05, 3.63) is 42.1 Å². The number of amides is 1. The van der Waals surface area contributed by atoms with E-state index in [1.165, 1.54) is 0 Å². The molecule has 6 nitrogen and oxygen atoms in total. The number of phenolic OH excluding ortho intramolecular Hbond substituents is 1. The molecule has 1 fully saturated rings. The largest absolute Gasteiger partial charge is 0.507 e. The van der Waals surface area contributed by atoms with Crippen LogP contribution in [0.5, 0.6) is 5.75 Å². The lowest BCUT2D eigenvalue weighted by molar-refractivity contribution is -0.133. The van der Waals surface area contributed by atoms with E-state index >= 15 is 0 Å². The average Bonchev–Trinajstić information content (AvgIpc) is 2.88. The smallest absolute Gasteiger partial charge is 0.219 e. The van der Waals surface area contributed by atoms with E-state index in [0.717, 1.165) is 29.8 Å². The van der Waals surface area contributed by atoms with Crippen LogP contribution in [0.2, 0.25) is 0 Å². The van der Waals surface area contributed by atoms with E-state index in [1.54, 1.807) is 19.1 Å². The molecule has 0 spiro atoms. The number of aromatic nitrogens is 3. The van der Waals surface area contributed by atoms with Crippen molar-refractivity contribution in [1.82, 2.24) is 20.1 Å². The van der Waals surface area contributed by atoms with E-state index in [4.69, 9.17) is 0 Å². The Hall–Kier alpha value is -2.89. The van der Waals surface area contributed by atoms with Crippen molar-refractivity contribution in [3.8, 4) is 17.0 Å². The highest BCUT2D eigenvalue weighted by Crippen LogP contribution is 2.31. The summed E-state index contributed by atoms with van der Waals surface area (Å²) in [5.74, 6) is 0.619. The maximum Gasteiger partial charge on any atom is 0.219 e. The molecule has 6 heteroatoms. The van der Waals surface area contributed by atoms with Gasteiger partial charge in [0.1, 0.15) is 5.75 Å². The van der Waals surface area contributed by atoms with Gasteiger partial charge in [0.2, 0.25) is 5.91 Å². The zero-order valence-electron chi connectivity index (χ0n) is 12.7. The minimum absolute atomic E-state index is 0.110. The first-order valence-corrected chi connectivity index (χ1v) is 7.52. The Labute approximate surface area is 132 Å². The number of carbonyl (C=O) groups excluding carboxylic acids is 1. The van der Waals surface area contributed by atoms with Gasteiger partial charge in [0.25, 0.3) is 0 Å². The Morgan fingerprint density at radius 2 is 2.04 bits per heavy atom. The van der Waals surface area contributed by atoms with Crippen LogP contribution < -0.4 is 0 Å². The summed E-state index contributed by atoms with van der Waals surface area (Å²) in [7, 11) is 0. The number of aromatic amines is 1. The standard InChI is InChI=1S/C17H16N4O2/c1-10(22)21-8-12(9-21)14-6-11-7-15(19-20-17(11)18-14)13-4-2-3-5-16(13)23/h2-7,12,23H,8-9H2,1H3,(H,18,20). The van der Waals surface area contributed by atoms with E-state index in [-0.39, 0.29) is 11.7 Å². The molecular weight excluding hydrogens is 292 g/mol. The van der Waals surface area contributed by atoms with Crippen LogP contribution >= 0.6 is 0 Å². The molecule has 0 bridgehead atoms. The first-order valence-electron chi connectivity index (χ1n) is 7.52. The lowest BCUT2D eigenvalue weighted by Gasteiger charge is -2.38. The average molecular weight is 308 g/mol. The number of carbonyl (C=O) groups is 1. The van der Waals surface area contributed by atoms with Crippen LogP contribution in [-0.2, 0) is 4.79 Å². The zero-order chi connectivity index (χ0) is 16.0. The van der Waals surface area contributed by atoms with Crippen LogP contribution in [0.4, 0.5) is 0 Å². The van der Waals surface area contributed by atoms with Gasteiger partial charge in [-0.05, 0) is 24.3 Å². The first-order chi connectivity index (χ1) is 11.1. The number of para-hydroxylation sites is 1. The van der Waals surface area contributed by atoms with Crippen LogP contribution in [0.3, 0.4) is 0 Å². The first kappa shape index (κ1) is 13.8. The van der Waals surface area contributed by atoms with Crippen LogP contribution in [0.25, 0.3) is 22.3 Å². The van der Waals surface area contributed by atoms with Crippen molar-refractivity contribution < 1.29 is 9.90 Å². The quantitative estimate of drug-likeness (QED) is 0.761. The molecule has 1 aliphatic heterocycles. The normalized spacial score (nSPS) is 14.9. The van der Waals surface area contributed by atoms with Crippen LogP contribution in [0, 0.1) is 0 Å². The van der Waals surface area contributed by atoms with E-state index in [1.807, 2.05) is 23.1 Å². The second-order valence-electron chi connectivity index (χ2n) is 5.90. The summed E-state index contributed by atoms with van der Waals surface area (Å²) in [6, 6.07) is 11.0. The number of phenols is 1. The number of fused-ring (bicyclic) bond motifs is 1. The molecule has 23 heavy (non-hydrogen) atoms. The van der Waals surface area contributed by atoms with Crippen molar-refractivity contribution in [1.29, 1.82) is 0 Å². The Morgan fingerprint density at radius 1 is 1.26 bits per heavy atom. The van der Waals surface area contributed by atoms with Gasteiger partial charge in [-0.3, -0.25) is 4.79 Å². The SMILES string of the molecule is CC(=O)N1CC(c2cc3cc(-c4ccccc4O)nnc3[nH]2)C1. The van der Waals surface area contributed by atoms with Gasteiger partial charge in [0.05, 0.1) is 5.69 Å². The molecule has 116 valence electrons. The van der Waals surface area contributed by atoms with Gasteiger partial charge in [-0.15, -0.1) is 10.2 Å². The molecule has 4 rings (SSSR count). The molecule has 0 radical (unpaired) electrons. The fourth-order valence-corrected chi connectivity index (χ4v) is 2.93. The van der Waals surface area contributed by atoms with Crippen molar-refractivity contribution in [3.63, 3.8) is 0 Å². The number of rotatable bonds is 2. The number of H-pyrrole nitrogens is 1. The maximum atomic E-state index is 11.3. The maximum absolute atomic E-state index is 11.3. The van der Waals surface area contributed by atoms with Gasteiger partial charge in [-0.25, -0.2) is 0 Å². The molecule has 0 saturated carbocycles. The van der Waals surface area contributed by atoms with Gasteiger partial charge < -0.3 is 15.0 Å². The number of hydrogen-bond donors (Lipinski definition) is 2. The lowest BCUT2D eigenvalue weighted by Crippen LogP contribution is -2.47. The lowest BCUT2D eigenvalue weighted by atomic mass is 9.96. The van der Waals surface area contributed by atoms with Gasteiger partial charge in [0, 0.05) is 42.6 Å². The van der Waals surface area contributed by atoms with E-state index in [2.05, 4.69) is 21.2 Å². The van der Waals surface area contributed by atoms with Crippen molar-refractivity contribution in [2.24, 2.45) is 0 Å². The minimum atomic E-state index is 0.110. The number of nitrogens with zero attached hydrogens (tertiary/aromatic N) is 3. The third-order valence-electron chi connectivity index (χ3n) is 4.34. The summed E-state index contributed by atoms with van der Waals surface area (Å²) in [5.41, 5.74) is 3.10. The molecule has 0 aliphatic carbocycles. The molecule has 0 atom stereocenters. The summed E-state index contributed by atoms with van der Waals surface area (Å²) < 4.78 is 0. The highest BCUT2D eigenvalue weighted by atomic mass is 16.3. The Morgan fingerprint density at radius 3 is 2.78 bits per heavy atom. The van der Waals surface area contributed by atoms with Gasteiger partial charge in [0.15, 0.2) is 5.65 Å². The van der Waals surface area contributed by atoms with E-state index in [0.29, 0.717) is 17.2 Å². The van der Waals surface area contributed by atoms with Crippen LogP contribution in [0.1, 0.15) is 18.5 Å². The minimum Gasteiger partial charge on any atom is -0.507 e.